The van der Waals surface area contributed by atoms with E-state index in [9.17, 15) is 22.0 Å². The molecule has 0 bridgehead atoms. The van der Waals surface area contributed by atoms with Gasteiger partial charge in [0, 0.05) is 41.9 Å². The molecule has 29 heavy (non-hydrogen) atoms. The van der Waals surface area contributed by atoms with Crippen LogP contribution in [0.4, 0.5) is 8.78 Å². The van der Waals surface area contributed by atoms with Gasteiger partial charge in [-0.05, 0) is 36.8 Å². The van der Waals surface area contributed by atoms with Crippen LogP contribution in [0.2, 0.25) is 0 Å². The first-order valence-electron chi connectivity index (χ1n) is 8.87. The Hall–Kier alpha value is -2.84. The van der Waals surface area contributed by atoms with Gasteiger partial charge in [-0.25, -0.2) is 22.3 Å². The highest BCUT2D eigenvalue weighted by Crippen LogP contribution is 2.41. The smallest absolute Gasteiger partial charge is 0.238 e. The van der Waals surface area contributed by atoms with E-state index in [4.69, 9.17) is 5.14 Å². The molecule has 2 N–H and O–H groups in total. The van der Waals surface area contributed by atoms with E-state index >= 15 is 0 Å². The van der Waals surface area contributed by atoms with Crippen molar-refractivity contribution in [3.05, 3.63) is 65.5 Å². The van der Waals surface area contributed by atoms with Crippen LogP contribution in [0.5, 0.6) is 0 Å². The van der Waals surface area contributed by atoms with Gasteiger partial charge in [0.05, 0.1) is 10.6 Å². The topological polar surface area (TPSA) is 82.2 Å². The number of primary sulfonamides is 1. The summed E-state index contributed by atoms with van der Waals surface area (Å²) in [6, 6.07) is 8.97. The Balaban J connectivity index is 2.37. The number of hydrogen-bond donors (Lipinski definition) is 1. The molecule has 0 saturated heterocycles. The zero-order chi connectivity index (χ0) is 21.5. The average Bonchev–Trinajstić information content (AvgIpc) is 2.92. The van der Waals surface area contributed by atoms with Crippen LogP contribution in [-0.2, 0) is 17.1 Å². The normalized spacial score (nSPS) is 11.7. The molecule has 0 spiro atoms. The van der Waals surface area contributed by atoms with Crippen molar-refractivity contribution in [2.45, 2.75) is 25.2 Å². The predicted octanol–water partition coefficient (Wildman–Crippen LogP) is 4.19. The fraction of sp³-hybridized carbons (Fsp3) is 0.190. The van der Waals surface area contributed by atoms with Crippen molar-refractivity contribution in [1.82, 2.24) is 4.57 Å². The lowest BCUT2D eigenvalue weighted by atomic mass is 9.93. The minimum atomic E-state index is -3.88. The molecule has 0 atom stereocenters. The van der Waals surface area contributed by atoms with Gasteiger partial charge in [0.25, 0.3) is 0 Å². The summed E-state index contributed by atoms with van der Waals surface area (Å²) < 4.78 is 52.9. The number of benzene rings is 2. The molecule has 1 aromatic heterocycles. The van der Waals surface area contributed by atoms with Crippen LogP contribution >= 0.6 is 0 Å². The van der Waals surface area contributed by atoms with Crippen molar-refractivity contribution in [3.8, 4) is 22.3 Å². The van der Waals surface area contributed by atoms with Gasteiger partial charge in [-0.3, -0.25) is 4.79 Å². The first kappa shape index (κ1) is 20.9. The van der Waals surface area contributed by atoms with E-state index < -0.39 is 21.7 Å². The summed E-state index contributed by atoms with van der Waals surface area (Å²) in [4.78, 5) is 12.6. The van der Waals surface area contributed by atoms with Crippen LogP contribution in [0.3, 0.4) is 0 Å². The molecule has 152 valence electrons. The second kappa shape index (κ2) is 7.53. The van der Waals surface area contributed by atoms with E-state index in [2.05, 4.69) is 0 Å². The van der Waals surface area contributed by atoms with Gasteiger partial charge in [0.1, 0.15) is 11.6 Å². The van der Waals surface area contributed by atoms with Gasteiger partial charge in [-0.2, -0.15) is 0 Å². The molecule has 0 unspecified atom stereocenters. The van der Waals surface area contributed by atoms with Crippen LogP contribution < -0.4 is 5.14 Å². The third-order valence-electron chi connectivity index (χ3n) is 4.94. The Kier molecular flexibility index (Phi) is 5.42. The third-order valence-corrected chi connectivity index (χ3v) is 5.87. The van der Waals surface area contributed by atoms with E-state index in [0.717, 1.165) is 12.1 Å². The molecule has 8 heteroatoms. The average molecular weight is 418 g/mol. The number of sulfonamides is 1. The van der Waals surface area contributed by atoms with Crippen LogP contribution in [-0.4, -0.2) is 18.8 Å². The maximum atomic E-state index is 14.6. The van der Waals surface area contributed by atoms with Gasteiger partial charge in [-0.15, -0.1) is 0 Å². The molecule has 5 nitrogen and oxygen atoms in total. The van der Waals surface area contributed by atoms with Gasteiger partial charge in [0.2, 0.25) is 10.0 Å². The Bertz CT molecular complexity index is 1210. The van der Waals surface area contributed by atoms with Crippen molar-refractivity contribution in [3.63, 3.8) is 0 Å². The van der Waals surface area contributed by atoms with Crippen molar-refractivity contribution < 1.29 is 22.0 Å². The van der Waals surface area contributed by atoms with Crippen molar-refractivity contribution >= 4 is 15.8 Å². The molecule has 0 amide bonds. The summed E-state index contributed by atoms with van der Waals surface area (Å²) in [6.45, 7) is 3.46. The van der Waals surface area contributed by atoms with Gasteiger partial charge in [-0.1, -0.05) is 19.1 Å². The quantitative estimate of drug-likeness (QED) is 0.631. The molecule has 3 rings (SSSR count). The molecule has 0 saturated carbocycles. The Morgan fingerprint density at radius 1 is 1.07 bits per heavy atom. The van der Waals surface area contributed by atoms with E-state index in [1.165, 1.54) is 30.3 Å². The van der Waals surface area contributed by atoms with Crippen LogP contribution in [0.1, 0.15) is 29.5 Å². The summed E-state index contributed by atoms with van der Waals surface area (Å²) in [5.74, 6) is -1.62. The van der Waals surface area contributed by atoms with Crippen LogP contribution in [0, 0.1) is 18.6 Å². The maximum Gasteiger partial charge on any atom is 0.238 e. The number of halogens is 2. The number of ketones is 1. The minimum absolute atomic E-state index is 0.0771. The standard InChI is InChI=1S/C21H20F2N2O3S/c1-4-18(26)21-20(13-5-8-15(9-6-13)29(24,27)28)19(12(2)25(21)3)16-10-7-14(22)11-17(16)23/h5-11H,4H2,1-3H3,(H2,24,27,28). The molecule has 3 aromatic rings. The summed E-state index contributed by atoms with van der Waals surface area (Å²) >= 11 is 0. The number of nitrogens with two attached hydrogens (primary N) is 1. The van der Waals surface area contributed by atoms with E-state index in [1.54, 1.807) is 25.5 Å². The number of aromatic nitrogens is 1. The maximum absolute atomic E-state index is 14.6. The van der Waals surface area contributed by atoms with Gasteiger partial charge >= 0.3 is 0 Å². The van der Waals surface area contributed by atoms with E-state index in [0.29, 0.717) is 28.1 Å². The SMILES string of the molecule is CCC(=O)c1c(-c2ccc(S(N)(=O)=O)cc2)c(-c2ccc(F)cc2F)c(C)n1C. The highest BCUT2D eigenvalue weighted by atomic mass is 32.2. The number of carbonyl (C=O) groups excluding carboxylic acids is 1. The summed E-state index contributed by atoms with van der Waals surface area (Å²) in [5, 5.41) is 5.16. The molecule has 0 aliphatic carbocycles. The highest BCUT2D eigenvalue weighted by molar-refractivity contribution is 7.89. The molecule has 0 radical (unpaired) electrons. The van der Waals surface area contributed by atoms with Crippen molar-refractivity contribution in [1.29, 1.82) is 0 Å². The predicted molar refractivity (Wildman–Crippen MR) is 107 cm³/mol. The second-order valence-electron chi connectivity index (χ2n) is 6.71. The number of hydrogen-bond acceptors (Lipinski definition) is 3. The first-order chi connectivity index (χ1) is 13.6. The molecule has 1 heterocycles. The second-order valence-corrected chi connectivity index (χ2v) is 8.27. The number of carbonyl (C=O) groups is 1. The number of rotatable bonds is 5. The highest BCUT2D eigenvalue weighted by Gasteiger charge is 2.26. The lowest BCUT2D eigenvalue weighted by molar-refractivity contribution is 0.0981. The third kappa shape index (κ3) is 3.73. The zero-order valence-corrected chi connectivity index (χ0v) is 17.0. The van der Waals surface area contributed by atoms with Gasteiger partial charge < -0.3 is 4.57 Å². The lowest BCUT2D eigenvalue weighted by Gasteiger charge is -2.10. The van der Waals surface area contributed by atoms with Crippen LogP contribution in [0.15, 0.2) is 47.4 Å². The van der Waals surface area contributed by atoms with E-state index in [-0.39, 0.29) is 22.7 Å². The molecule has 0 fully saturated rings. The zero-order valence-electron chi connectivity index (χ0n) is 16.2. The van der Waals surface area contributed by atoms with Crippen molar-refractivity contribution in [2.24, 2.45) is 12.2 Å². The lowest BCUT2D eigenvalue weighted by Crippen LogP contribution is -2.11. The van der Waals surface area contributed by atoms with E-state index in [1.807, 2.05) is 0 Å². The minimum Gasteiger partial charge on any atom is -0.344 e. The van der Waals surface area contributed by atoms with Crippen LogP contribution in [0.25, 0.3) is 22.3 Å². The Morgan fingerprint density at radius 2 is 1.69 bits per heavy atom. The van der Waals surface area contributed by atoms with Crippen molar-refractivity contribution in [2.75, 3.05) is 0 Å². The monoisotopic (exact) mass is 418 g/mol. The van der Waals surface area contributed by atoms with Gasteiger partial charge in [0.15, 0.2) is 5.78 Å². The number of Topliss-reactive ketones (excluding diaryl/α,β-unsaturated/α-hetero) is 1. The summed E-state index contributed by atoms with van der Waals surface area (Å²) in [6.07, 6.45) is 0.227. The molecule has 0 aliphatic heterocycles. The summed E-state index contributed by atoms with van der Waals surface area (Å²) in [5.41, 5.74) is 2.58. The molecular formula is C21H20F2N2O3S. The largest absolute Gasteiger partial charge is 0.344 e. The molecule has 2 aromatic carbocycles. The fourth-order valence-corrected chi connectivity index (χ4v) is 3.93. The Morgan fingerprint density at radius 3 is 2.21 bits per heavy atom. The first-order valence-corrected chi connectivity index (χ1v) is 10.4. The molecule has 0 aliphatic rings. The molecular weight excluding hydrogens is 398 g/mol. The number of nitrogens with zero attached hydrogens (tertiary/aromatic N) is 1. The summed E-state index contributed by atoms with van der Waals surface area (Å²) in [7, 11) is -2.18. The fourth-order valence-electron chi connectivity index (χ4n) is 3.41. The Labute approximate surface area is 167 Å².